The van der Waals surface area contributed by atoms with Gasteiger partial charge in [0.2, 0.25) is 5.66 Å². The molecule has 0 aromatic heterocycles. The predicted octanol–water partition coefficient (Wildman–Crippen LogP) is 9.27. The van der Waals surface area contributed by atoms with Crippen molar-refractivity contribution in [2.24, 2.45) is 20.7 Å². The molecule has 0 unspecified atom stereocenters. The third-order valence-electron chi connectivity index (χ3n) is 7.28. The molecule has 0 spiro atoms. The van der Waals surface area contributed by atoms with Crippen LogP contribution in [0.25, 0.3) is 11.1 Å². The Morgan fingerprint density at radius 1 is 0.526 bits per heavy atom. The van der Waals surface area contributed by atoms with E-state index in [0.29, 0.717) is 0 Å². The Hall–Kier alpha value is -4.22. The fraction of sp³-hybridized carbons (Fsp3) is 0.0909. The lowest BCUT2D eigenvalue weighted by atomic mass is 9.59. The second-order valence-electron chi connectivity index (χ2n) is 9.28. The fourth-order valence-corrected chi connectivity index (χ4v) is 6.00. The van der Waals surface area contributed by atoms with Crippen LogP contribution in [0, 0.1) is 0 Å². The molecule has 0 atom stereocenters. The molecule has 0 saturated heterocycles. The van der Waals surface area contributed by atoms with Gasteiger partial charge in [-0.25, -0.2) is 0 Å². The third kappa shape index (κ3) is 3.82. The zero-order valence-corrected chi connectivity index (χ0v) is 22.2. The first-order valence-electron chi connectivity index (χ1n) is 12.5. The Kier molecular flexibility index (Phi) is 6.52. The number of halogens is 1. The summed E-state index contributed by atoms with van der Waals surface area (Å²) < 4.78 is 0. The zero-order valence-electron chi connectivity index (χ0n) is 20.7. The van der Waals surface area contributed by atoms with Gasteiger partial charge in [0, 0.05) is 10.9 Å². The molecule has 0 N–H and O–H groups in total. The van der Waals surface area contributed by atoms with Crippen LogP contribution in [0.1, 0.15) is 27.8 Å². The molecule has 5 aromatic rings. The van der Waals surface area contributed by atoms with Crippen LogP contribution in [-0.4, -0.2) is 0 Å². The van der Waals surface area contributed by atoms with Gasteiger partial charge in [-0.05, 0) is 43.8 Å². The molecular formula is C33H25BrN4. The first-order chi connectivity index (χ1) is 18.8. The average molecular weight is 557 g/mol. The molecule has 5 aromatic carbocycles. The van der Waals surface area contributed by atoms with Gasteiger partial charge in [-0.1, -0.05) is 155 Å². The summed E-state index contributed by atoms with van der Waals surface area (Å²) in [4.78, 5) is 0. The molecular weight excluding hydrogens is 532 g/mol. The molecule has 0 aliphatic carbocycles. The van der Waals surface area contributed by atoms with Gasteiger partial charge < -0.3 is 0 Å². The summed E-state index contributed by atoms with van der Waals surface area (Å²) in [5.41, 5.74) is 5.41. The monoisotopic (exact) mass is 556 g/mol. The van der Waals surface area contributed by atoms with Crippen molar-refractivity contribution in [2.75, 3.05) is 0 Å². The molecule has 0 fully saturated rings. The summed E-state index contributed by atoms with van der Waals surface area (Å²) >= 11 is 3.56. The van der Waals surface area contributed by atoms with E-state index in [4.69, 9.17) is 10.2 Å². The number of hydrogen-bond donors (Lipinski definition) is 0. The average Bonchev–Trinajstić information content (AvgIpc) is 3.50. The molecule has 1 heterocycles. The van der Waals surface area contributed by atoms with Crippen LogP contribution in [0.15, 0.2) is 160 Å². The lowest BCUT2D eigenvalue weighted by Crippen LogP contribution is -2.48. The SMILES string of the molecule is BrCc1ccc(-c2ccccc2C2(C(c3ccccc3)(c3ccccc3)c3ccccc3)N=NN=N2)cc1. The van der Waals surface area contributed by atoms with Gasteiger partial charge in [0.05, 0.1) is 5.41 Å². The van der Waals surface area contributed by atoms with Gasteiger partial charge in [0.1, 0.15) is 0 Å². The summed E-state index contributed by atoms with van der Waals surface area (Å²) in [6.45, 7) is 0. The van der Waals surface area contributed by atoms with Crippen molar-refractivity contribution in [3.63, 3.8) is 0 Å². The number of benzene rings is 5. The van der Waals surface area contributed by atoms with E-state index in [-0.39, 0.29) is 0 Å². The molecule has 0 amide bonds. The van der Waals surface area contributed by atoms with Gasteiger partial charge in [0.25, 0.3) is 0 Å². The topological polar surface area (TPSA) is 49.4 Å². The highest BCUT2D eigenvalue weighted by molar-refractivity contribution is 9.08. The van der Waals surface area contributed by atoms with Crippen LogP contribution < -0.4 is 0 Å². The Labute approximate surface area is 230 Å². The summed E-state index contributed by atoms with van der Waals surface area (Å²) in [6, 6.07) is 48.4. The minimum Gasteiger partial charge on any atom is -0.128 e. The highest BCUT2D eigenvalue weighted by atomic mass is 79.9. The van der Waals surface area contributed by atoms with Crippen molar-refractivity contribution in [1.29, 1.82) is 0 Å². The van der Waals surface area contributed by atoms with Crippen molar-refractivity contribution in [3.8, 4) is 11.1 Å². The summed E-state index contributed by atoms with van der Waals surface area (Å²) in [5.74, 6) is 0. The van der Waals surface area contributed by atoms with Crippen LogP contribution in [0.4, 0.5) is 0 Å². The first-order valence-corrected chi connectivity index (χ1v) is 13.7. The molecule has 4 nitrogen and oxygen atoms in total. The van der Waals surface area contributed by atoms with E-state index < -0.39 is 11.1 Å². The highest BCUT2D eigenvalue weighted by Crippen LogP contribution is 2.58. The molecule has 38 heavy (non-hydrogen) atoms. The van der Waals surface area contributed by atoms with Crippen molar-refractivity contribution in [1.82, 2.24) is 0 Å². The molecule has 5 heteroatoms. The maximum absolute atomic E-state index is 4.94. The van der Waals surface area contributed by atoms with Gasteiger partial charge in [-0.3, -0.25) is 0 Å². The summed E-state index contributed by atoms with van der Waals surface area (Å²) in [6.07, 6.45) is 0. The van der Waals surface area contributed by atoms with Gasteiger partial charge in [-0.2, -0.15) is 0 Å². The maximum atomic E-state index is 4.94. The molecule has 6 rings (SSSR count). The van der Waals surface area contributed by atoms with E-state index in [9.17, 15) is 0 Å². The predicted molar refractivity (Wildman–Crippen MR) is 155 cm³/mol. The zero-order chi connectivity index (χ0) is 25.8. The molecule has 1 aliphatic rings. The summed E-state index contributed by atoms with van der Waals surface area (Å²) in [7, 11) is 0. The highest BCUT2D eigenvalue weighted by Gasteiger charge is 2.60. The lowest BCUT2D eigenvalue weighted by Gasteiger charge is -2.45. The van der Waals surface area contributed by atoms with E-state index in [2.05, 4.69) is 142 Å². The lowest BCUT2D eigenvalue weighted by molar-refractivity contribution is 0.318. The van der Waals surface area contributed by atoms with Crippen molar-refractivity contribution < 1.29 is 0 Å². The van der Waals surface area contributed by atoms with E-state index in [1.807, 2.05) is 24.3 Å². The second kappa shape index (κ2) is 10.3. The number of alkyl halides is 1. The van der Waals surface area contributed by atoms with Gasteiger partial charge in [-0.15, -0.1) is 10.2 Å². The van der Waals surface area contributed by atoms with Crippen molar-refractivity contribution in [2.45, 2.75) is 16.4 Å². The first kappa shape index (κ1) is 24.1. The Morgan fingerprint density at radius 3 is 1.45 bits per heavy atom. The minimum atomic E-state index is -1.19. The number of hydrogen-bond acceptors (Lipinski definition) is 4. The Balaban J connectivity index is 1.74. The van der Waals surface area contributed by atoms with Crippen LogP contribution in [0.2, 0.25) is 0 Å². The summed E-state index contributed by atoms with van der Waals surface area (Å²) in [5, 5.41) is 19.1. The van der Waals surface area contributed by atoms with Crippen LogP contribution in [-0.2, 0) is 16.4 Å². The third-order valence-corrected chi connectivity index (χ3v) is 7.93. The smallest absolute Gasteiger partial charge is 0.128 e. The largest absolute Gasteiger partial charge is 0.238 e. The van der Waals surface area contributed by atoms with Crippen LogP contribution >= 0.6 is 15.9 Å². The van der Waals surface area contributed by atoms with Gasteiger partial charge >= 0.3 is 0 Å². The molecule has 0 saturated carbocycles. The molecule has 1 aliphatic heterocycles. The molecule has 0 radical (unpaired) electrons. The minimum absolute atomic E-state index is 0.806. The standard InChI is InChI=1S/C33H25BrN4/c34-24-25-20-22-26(23-21-25)30-18-10-11-19-31(30)33(35-37-38-36-33)32(27-12-4-1-5-13-27,28-14-6-2-7-15-28)29-16-8-3-9-17-29/h1-23H,24H2. The van der Waals surface area contributed by atoms with E-state index in [1.165, 1.54) is 5.56 Å². The van der Waals surface area contributed by atoms with Crippen molar-refractivity contribution in [3.05, 3.63) is 167 Å². The maximum Gasteiger partial charge on any atom is 0.238 e. The van der Waals surface area contributed by atoms with Gasteiger partial charge in [0.15, 0.2) is 0 Å². The quantitative estimate of drug-likeness (QED) is 0.141. The number of rotatable bonds is 7. The Morgan fingerprint density at radius 2 is 0.974 bits per heavy atom. The number of nitrogens with zero attached hydrogens (tertiary/aromatic N) is 4. The van der Waals surface area contributed by atoms with E-state index >= 15 is 0 Å². The molecule has 0 bridgehead atoms. The van der Waals surface area contributed by atoms with Crippen molar-refractivity contribution >= 4 is 15.9 Å². The normalized spacial score (nSPS) is 14.0. The fourth-order valence-electron chi connectivity index (χ4n) is 5.63. The van der Waals surface area contributed by atoms with Crippen LogP contribution in [0.5, 0.6) is 0 Å². The second-order valence-corrected chi connectivity index (χ2v) is 9.84. The van der Waals surface area contributed by atoms with E-state index in [1.54, 1.807) is 0 Å². The van der Waals surface area contributed by atoms with Crippen LogP contribution in [0.3, 0.4) is 0 Å². The van der Waals surface area contributed by atoms with E-state index in [0.717, 1.165) is 38.7 Å². The Bertz CT molecular complexity index is 1470. The molecule has 184 valence electrons.